The summed E-state index contributed by atoms with van der Waals surface area (Å²) < 4.78 is 0. The van der Waals surface area contributed by atoms with Gasteiger partial charge in [-0.2, -0.15) is 0 Å². The van der Waals surface area contributed by atoms with Gasteiger partial charge in [0.05, 0.1) is 17.2 Å². The summed E-state index contributed by atoms with van der Waals surface area (Å²) in [5.74, 6) is 1.72. The zero-order chi connectivity index (χ0) is 18.7. The number of piperazine rings is 1. The zero-order valence-electron chi connectivity index (χ0n) is 16.2. The van der Waals surface area contributed by atoms with Crippen molar-refractivity contribution in [2.45, 2.75) is 57.5 Å². The first-order valence-electron chi connectivity index (χ1n) is 10.5. The van der Waals surface area contributed by atoms with Gasteiger partial charge in [-0.1, -0.05) is 13.3 Å². The van der Waals surface area contributed by atoms with Crippen LogP contribution in [0.4, 0.5) is 5.82 Å². The van der Waals surface area contributed by atoms with Gasteiger partial charge in [0.15, 0.2) is 0 Å². The smallest absolute Gasteiger partial charge is 0.229 e. The number of amides is 1. The molecule has 1 amide bonds. The average molecular weight is 370 g/mol. The first kappa shape index (κ1) is 17.4. The molecule has 146 valence electrons. The highest BCUT2D eigenvalue weighted by Gasteiger charge is 2.65. The largest absolute Gasteiger partial charge is 0.390 e. The molecule has 1 aromatic rings. The molecule has 5 fully saturated rings. The molecular formula is C21H30N4O2. The maximum atomic E-state index is 13.7. The Kier molecular flexibility index (Phi) is 3.81. The molecule has 1 saturated heterocycles. The third-order valence-electron chi connectivity index (χ3n) is 7.80. The number of aromatic nitrogens is 2. The number of carbonyl (C=O) groups excluding carboxylic acids is 1. The lowest BCUT2D eigenvalue weighted by Crippen LogP contribution is -2.65. The lowest BCUT2D eigenvalue weighted by atomic mass is 9.42. The molecule has 0 spiro atoms. The molecule has 5 aliphatic rings. The van der Waals surface area contributed by atoms with Crippen molar-refractivity contribution in [3.8, 4) is 0 Å². The molecule has 1 aliphatic heterocycles. The fourth-order valence-corrected chi connectivity index (χ4v) is 7.15. The summed E-state index contributed by atoms with van der Waals surface area (Å²) in [5.41, 5.74) is -0.739. The van der Waals surface area contributed by atoms with Crippen molar-refractivity contribution >= 4 is 11.7 Å². The number of hydrogen-bond donors (Lipinski definition) is 1. The Morgan fingerprint density at radius 1 is 1.15 bits per heavy atom. The van der Waals surface area contributed by atoms with Gasteiger partial charge in [0.2, 0.25) is 5.91 Å². The third kappa shape index (κ3) is 2.75. The van der Waals surface area contributed by atoms with Crippen LogP contribution in [-0.2, 0) is 4.79 Å². The summed E-state index contributed by atoms with van der Waals surface area (Å²) in [6, 6.07) is 0. The molecule has 2 heterocycles. The van der Waals surface area contributed by atoms with Crippen LogP contribution >= 0.6 is 0 Å². The van der Waals surface area contributed by atoms with Gasteiger partial charge in [-0.05, 0) is 49.9 Å². The summed E-state index contributed by atoms with van der Waals surface area (Å²) in [4.78, 5) is 26.5. The standard InChI is InChI=1S/C21H30N4O2/c1-2-19-9-16-10-20(13-19,15-21(27,11-16)14-19)18(26)25-7-5-24(6-8-25)17-12-22-3-4-23-17/h3-4,12,16,27H,2,5-11,13-15H2,1H3. The minimum Gasteiger partial charge on any atom is -0.390 e. The number of aliphatic hydroxyl groups is 1. The molecule has 1 aromatic heterocycles. The van der Waals surface area contributed by atoms with E-state index >= 15 is 0 Å². The molecule has 6 rings (SSSR count). The lowest BCUT2D eigenvalue weighted by molar-refractivity contribution is -0.209. The first-order chi connectivity index (χ1) is 12.9. The van der Waals surface area contributed by atoms with E-state index in [1.807, 2.05) is 0 Å². The van der Waals surface area contributed by atoms with Crippen molar-refractivity contribution in [2.24, 2.45) is 16.7 Å². The van der Waals surface area contributed by atoms with Gasteiger partial charge >= 0.3 is 0 Å². The highest BCUT2D eigenvalue weighted by molar-refractivity contribution is 5.84. The van der Waals surface area contributed by atoms with Crippen molar-refractivity contribution in [1.29, 1.82) is 0 Å². The van der Waals surface area contributed by atoms with Crippen LogP contribution in [0.5, 0.6) is 0 Å². The van der Waals surface area contributed by atoms with E-state index in [-0.39, 0.29) is 10.8 Å². The maximum Gasteiger partial charge on any atom is 0.229 e. The average Bonchev–Trinajstić information content (AvgIpc) is 2.66. The fraction of sp³-hybridized carbons (Fsp3) is 0.762. The molecule has 27 heavy (non-hydrogen) atoms. The molecular weight excluding hydrogens is 340 g/mol. The van der Waals surface area contributed by atoms with Crippen LogP contribution in [-0.4, -0.2) is 57.7 Å². The number of anilines is 1. The Morgan fingerprint density at radius 3 is 2.63 bits per heavy atom. The Morgan fingerprint density at radius 2 is 1.96 bits per heavy atom. The molecule has 0 radical (unpaired) electrons. The highest BCUT2D eigenvalue weighted by atomic mass is 16.3. The Hall–Kier alpha value is -1.69. The molecule has 4 saturated carbocycles. The second kappa shape index (κ2) is 5.90. The number of carbonyl (C=O) groups is 1. The molecule has 4 atom stereocenters. The monoisotopic (exact) mass is 370 g/mol. The van der Waals surface area contributed by atoms with Crippen LogP contribution in [0.1, 0.15) is 51.9 Å². The van der Waals surface area contributed by atoms with Crippen LogP contribution < -0.4 is 4.90 Å². The normalized spacial score (nSPS) is 40.4. The Bertz CT molecular complexity index is 735. The van der Waals surface area contributed by atoms with E-state index in [0.29, 0.717) is 18.2 Å². The minimum absolute atomic E-state index is 0.186. The van der Waals surface area contributed by atoms with E-state index in [2.05, 4.69) is 26.7 Å². The Labute approximate surface area is 161 Å². The number of rotatable bonds is 3. The van der Waals surface area contributed by atoms with Gasteiger partial charge in [-0.25, -0.2) is 4.98 Å². The summed E-state index contributed by atoms with van der Waals surface area (Å²) in [6.07, 6.45) is 11.9. The molecule has 6 heteroatoms. The van der Waals surface area contributed by atoms with E-state index in [9.17, 15) is 9.90 Å². The highest BCUT2D eigenvalue weighted by Crippen LogP contribution is 2.68. The predicted octanol–water partition coefficient (Wildman–Crippen LogP) is 2.24. The summed E-state index contributed by atoms with van der Waals surface area (Å²) in [6.45, 7) is 5.31. The van der Waals surface area contributed by atoms with Gasteiger partial charge in [0.25, 0.3) is 0 Å². The second-order valence-electron chi connectivity index (χ2n) is 9.71. The van der Waals surface area contributed by atoms with E-state index in [1.165, 1.54) is 6.42 Å². The molecule has 6 nitrogen and oxygen atoms in total. The van der Waals surface area contributed by atoms with E-state index < -0.39 is 5.60 Å². The van der Waals surface area contributed by atoms with Crippen molar-refractivity contribution < 1.29 is 9.90 Å². The lowest BCUT2D eigenvalue weighted by Gasteiger charge is -2.65. The van der Waals surface area contributed by atoms with Gasteiger partial charge in [0, 0.05) is 38.6 Å². The second-order valence-corrected chi connectivity index (χ2v) is 9.71. The van der Waals surface area contributed by atoms with Crippen molar-refractivity contribution in [1.82, 2.24) is 14.9 Å². The van der Waals surface area contributed by atoms with Crippen molar-refractivity contribution in [3.05, 3.63) is 18.6 Å². The van der Waals surface area contributed by atoms with Crippen LogP contribution in [0.25, 0.3) is 0 Å². The predicted molar refractivity (Wildman–Crippen MR) is 102 cm³/mol. The molecule has 4 bridgehead atoms. The maximum absolute atomic E-state index is 13.7. The van der Waals surface area contributed by atoms with Gasteiger partial charge in [0.1, 0.15) is 5.82 Å². The molecule has 4 aliphatic carbocycles. The molecule has 0 aromatic carbocycles. The summed E-state index contributed by atoms with van der Waals surface area (Å²) in [7, 11) is 0. The van der Waals surface area contributed by atoms with E-state index in [4.69, 9.17) is 0 Å². The molecule has 4 unspecified atom stereocenters. The summed E-state index contributed by atoms with van der Waals surface area (Å²) in [5, 5.41) is 11.2. The van der Waals surface area contributed by atoms with Gasteiger partial charge < -0.3 is 14.9 Å². The van der Waals surface area contributed by atoms with Crippen LogP contribution in [0.3, 0.4) is 0 Å². The third-order valence-corrected chi connectivity index (χ3v) is 7.80. The van der Waals surface area contributed by atoms with Crippen LogP contribution in [0, 0.1) is 16.7 Å². The molecule has 1 N–H and O–H groups in total. The van der Waals surface area contributed by atoms with E-state index in [1.54, 1.807) is 18.6 Å². The topological polar surface area (TPSA) is 69.6 Å². The quantitative estimate of drug-likeness (QED) is 0.884. The van der Waals surface area contributed by atoms with Crippen LogP contribution in [0.15, 0.2) is 18.6 Å². The van der Waals surface area contributed by atoms with Crippen molar-refractivity contribution in [3.63, 3.8) is 0 Å². The van der Waals surface area contributed by atoms with Gasteiger partial charge in [-0.3, -0.25) is 9.78 Å². The van der Waals surface area contributed by atoms with E-state index in [0.717, 1.165) is 64.1 Å². The van der Waals surface area contributed by atoms with Gasteiger partial charge in [-0.15, -0.1) is 0 Å². The van der Waals surface area contributed by atoms with Crippen LogP contribution in [0.2, 0.25) is 0 Å². The first-order valence-corrected chi connectivity index (χ1v) is 10.5. The van der Waals surface area contributed by atoms with Crippen molar-refractivity contribution in [2.75, 3.05) is 31.1 Å². The zero-order valence-corrected chi connectivity index (χ0v) is 16.2. The number of hydrogen-bond acceptors (Lipinski definition) is 5. The SMILES string of the molecule is CCC12CC3CC(O)(C1)CC(C(=O)N1CCN(c4cnccn4)CC1)(C3)C2. The number of nitrogens with zero attached hydrogens (tertiary/aromatic N) is 4. The fourth-order valence-electron chi connectivity index (χ4n) is 7.15. The summed E-state index contributed by atoms with van der Waals surface area (Å²) >= 11 is 0. The Balaban J connectivity index is 1.33. The minimum atomic E-state index is -0.605.